The highest BCUT2D eigenvalue weighted by molar-refractivity contribution is 7.07. The van der Waals surface area contributed by atoms with Crippen LogP contribution in [-0.2, 0) is 6.42 Å². The maximum Gasteiger partial charge on any atom is 0.0552 e. The third-order valence-corrected chi connectivity index (χ3v) is 1.84. The van der Waals surface area contributed by atoms with Gasteiger partial charge >= 0.3 is 0 Å². The van der Waals surface area contributed by atoms with Gasteiger partial charge in [0.05, 0.1) is 6.10 Å². The van der Waals surface area contributed by atoms with Crippen molar-refractivity contribution < 1.29 is 5.11 Å². The van der Waals surface area contributed by atoms with Gasteiger partial charge in [0.15, 0.2) is 0 Å². The number of rotatable bonds is 2. The normalized spacial score (nSPS) is 13.6. The molecule has 0 aromatic carbocycles. The molecule has 0 aliphatic heterocycles. The molecule has 0 saturated heterocycles. The van der Waals surface area contributed by atoms with Gasteiger partial charge in [-0.15, -0.1) is 0 Å². The Kier molecular flexibility index (Phi) is 2.25. The van der Waals surface area contributed by atoms with Crippen LogP contribution in [-0.4, -0.2) is 11.2 Å². The molecule has 0 amide bonds. The van der Waals surface area contributed by atoms with Crippen molar-refractivity contribution in [2.24, 2.45) is 0 Å². The second kappa shape index (κ2) is 2.99. The van der Waals surface area contributed by atoms with Crippen LogP contribution in [0.4, 0.5) is 0 Å². The summed E-state index contributed by atoms with van der Waals surface area (Å²) in [5.41, 5.74) is 1.23. The van der Waals surface area contributed by atoms with Crippen LogP contribution < -0.4 is 0 Å². The maximum atomic E-state index is 8.93. The minimum atomic E-state index is -0.209. The van der Waals surface area contributed by atoms with Gasteiger partial charge in [0, 0.05) is 0 Å². The lowest BCUT2D eigenvalue weighted by atomic mass is 10.2. The molecule has 0 aliphatic carbocycles. The van der Waals surface area contributed by atoms with Gasteiger partial charge in [0.25, 0.3) is 0 Å². The fourth-order valence-electron chi connectivity index (χ4n) is 0.750. The molecule has 0 unspecified atom stereocenters. The molecule has 2 heteroatoms. The summed E-state index contributed by atoms with van der Waals surface area (Å²) in [4.78, 5) is 0. The average molecular weight is 142 g/mol. The largest absolute Gasteiger partial charge is 0.393 e. The first-order valence-corrected chi connectivity index (χ1v) is 3.92. The quantitative estimate of drug-likeness (QED) is 0.666. The lowest BCUT2D eigenvalue weighted by molar-refractivity contribution is 0.195. The highest BCUT2D eigenvalue weighted by atomic mass is 32.1. The highest BCUT2D eigenvalue weighted by Gasteiger charge is 1.96. The summed E-state index contributed by atoms with van der Waals surface area (Å²) in [5.74, 6) is 0. The molecule has 9 heavy (non-hydrogen) atoms. The van der Waals surface area contributed by atoms with Crippen LogP contribution in [0.1, 0.15) is 12.5 Å². The minimum absolute atomic E-state index is 0.209. The lowest BCUT2D eigenvalue weighted by Gasteiger charge is -1.98. The summed E-state index contributed by atoms with van der Waals surface area (Å²) >= 11 is 1.67. The van der Waals surface area contributed by atoms with Crippen molar-refractivity contribution in [1.82, 2.24) is 0 Å². The van der Waals surface area contributed by atoms with E-state index in [1.165, 1.54) is 5.56 Å². The van der Waals surface area contributed by atoms with E-state index < -0.39 is 0 Å². The van der Waals surface area contributed by atoms with E-state index in [9.17, 15) is 0 Å². The summed E-state index contributed by atoms with van der Waals surface area (Å²) in [6, 6.07) is 2.04. The van der Waals surface area contributed by atoms with Crippen LogP contribution >= 0.6 is 11.3 Å². The number of thiophene rings is 1. The van der Waals surface area contributed by atoms with Crippen molar-refractivity contribution >= 4 is 11.3 Å². The average Bonchev–Trinajstić information content (AvgIpc) is 2.15. The van der Waals surface area contributed by atoms with Crippen molar-refractivity contribution in [3.8, 4) is 0 Å². The number of hydrogen-bond acceptors (Lipinski definition) is 2. The predicted molar refractivity (Wildman–Crippen MR) is 39.7 cm³/mol. The van der Waals surface area contributed by atoms with Gasteiger partial charge < -0.3 is 5.11 Å². The van der Waals surface area contributed by atoms with Crippen LogP contribution in [0.5, 0.6) is 0 Å². The van der Waals surface area contributed by atoms with Crippen molar-refractivity contribution in [2.45, 2.75) is 19.4 Å². The monoisotopic (exact) mass is 142 g/mol. The van der Waals surface area contributed by atoms with Crippen LogP contribution in [0, 0.1) is 0 Å². The Morgan fingerprint density at radius 1 is 1.78 bits per heavy atom. The Labute approximate surface area is 59.0 Å². The van der Waals surface area contributed by atoms with E-state index in [1.807, 2.05) is 11.4 Å². The first-order chi connectivity index (χ1) is 4.29. The molecule has 1 nitrogen and oxygen atoms in total. The zero-order chi connectivity index (χ0) is 6.69. The molecule has 0 bridgehead atoms. The summed E-state index contributed by atoms with van der Waals surface area (Å²) < 4.78 is 0. The lowest BCUT2D eigenvalue weighted by Crippen LogP contribution is -2.02. The standard InChI is InChI=1S/C7H10OS/c1-6(8)4-7-2-3-9-5-7/h2-3,5-6,8H,4H2,1H3/t6-/m0/s1. The summed E-state index contributed by atoms with van der Waals surface area (Å²) in [6.07, 6.45) is 0.573. The first kappa shape index (κ1) is 6.78. The third kappa shape index (κ3) is 2.16. The van der Waals surface area contributed by atoms with Gasteiger partial charge in [-0.1, -0.05) is 0 Å². The molecule has 1 heterocycles. The van der Waals surface area contributed by atoms with E-state index in [0.717, 1.165) is 6.42 Å². The molecule has 1 rings (SSSR count). The Morgan fingerprint density at radius 2 is 2.56 bits per heavy atom. The zero-order valence-corrected chi connectivity index (χ0v) is 6.19. The van der Waals surface area contributed by atoms with Gasteiger partial charge in [-0.05, 0) is 35.7 Å². The second-order valence-electron chi connectivity index (χ2n) is 2.18. The molecule has 0 saturated carbocycles. The van der Waals surface area contributed by atoms with E-state index in [0.29, 0.717) is 0 Å². The Bertz CT molecular complexity index is 155. The van der Waals surface area contributed by atoms with E-state index in [4.69, 9.17) is 5.11 Å². The fourth-order valence-corrected chi connectivity index (χ4v) is 1.43. The van der Waals surface area contributed by atoms with E-state index in [2.05, 4.69) is 5.38 Å². The van der Waals surface area contributed by atoms with Gasteiger partial charge in [0.1, 0.15) is 0 Å². The molecule has 0 fully saturated rings. The SMILES string of the molecule is C[C@H](O)Cc1ccsc1. The number of hydrogen-bond donors (Lipinski definition) is 1. The van der Waals surface area contributed by atoms with Gasteiger partial charge in [0.2, 0.25) is 0 Å². The van der Waals surface area contributed by atoms with Crippen LogP contribution in [0.15, 0.2) is 16.8 Å². The number of aliphatic hydroxyl groups is 1. The smallest absolute Gasteiger partial charge is 0.0552 e. The predicted octanol–water partition coefficient (Wildman–Crippen LogP) is 1.67. The summed E-state index contributed by atoms with van der Waals surface area (Å²) in [7, 11) is 0. The van der Waals surface area contributed by atoms with Gasteiger partial charge in [-0.2, -0.15) is 11.3 Å². The molecular formula is C7H10OS. The van der Waals surface area contributed by atoms with E-state index >= 15 is 0 Å². The van der Waals surface area contributed by atoms with Crippen molar-refractivity contribution in [3.63, 3.8) is 0 Å². The highest BCUT2D eigenvalue weighted by Crippen LogP contribution is 2.07. The fraction of sp³-hybridized carbons (Fsp3) is 0.429. The van der Waals surface area contributed by atoms with E-state index in [-0.39, 0.29) is 6.10 Å². The maximum absolute atomic E-state index is 8.93. The van der Waals surface area contributed by atoms with Crippen molar-refractivity contribution in [3.05, 3.63) is 22.4 Å². The van der Waals surface area contributed by atoms with Crippen LogP contribution in [0.2, 0.25) is 0 Å². The molecule has 0 spiro atoms. The molecule has 1 aromatic heterocycles. The number of aliphatic hydroxyl groups excluding tert-OH is 1. The summed E-state index contributed by atoms with van der Waals surface area (Å²) in [6.45, 7) is 1.80. The minimum Gasteiger partial charge on any atom is -0.393 e. The third-order valence-electron chi connectivity index (χ3n) is 1.11. The van der Waals surface area contributed by atoms with E-state index in [1.54, 1.807) is 18.3 Å². The molecule has 1 aromatic rings. The van der Waals surface area contributed by atoms with Crippen molar-refractivity contribution in [2.75, 3.05) is 0 Å². The Morgan fingerprint density at radius 3 is 3.00 bits per heavy atom. The molecule has 1 N–H and O–H groups in total. The second-order valence-corrected chi connectivity index (χ2v) is 2.96. The molecular weight excluding hydrogens is 132 g/mol. The molecule has 0 radical (unpaired) electrons. The molecule has 0 aliphatic rings. The van der Waals surface area contributed by atoms with Gasteiger partial charge in [-0.3, -0.25) is 0 Å². The Balaban J connectivity index is 2.48. The van der Waals surface area contributed by atoms with Crippen LogP contribution in [0.25, 0.3) is 0 Å². The van der Waals surface area contributed by atoms with Crippen LogP contribution in [0.3, 0.4) is 0 Å². The zero-order valence-electron chi connectivity index (χ0n) is 5.37. The van der Waals surface area contributed by atoms with Crippen molar-refractivity contribution in [1.29, 1.82) is 0 Å². The summed E-state index contributed by atoms with van der Waals surface area (Å²) in [5, 5.41) is 13.0. The van der Waals surface area contributed by atoms with Gasteiger partial charge in [-0.25, -0.2) is 0 Å². The Hall–Kier alpha value is -0.340. The molecule has 50 valence electrons. The first-order valence-electron chi connectivity index (χ1n) is 2.98. The topological polar surface area (TPSA) is 20.2 Å². The molecule has 1 atom stereocenters.